The number of hydrogen-bond donors (Lipinski definition) is 1. The number of ether oxygens (including phenoxy) is 1. The lowest BCUT2D eigenvalue weighted by atomic mass is 10.1. The molecule has 0 bridgehead atoms. The summed E-state index contributed by atoms with van der Waals surface area (Å²) in [5, 5.41) is 8.75. The Morgan fingerprint density at radius 2 is 2.22 bits per heavy atom. The molecule has 116 valence electrons. The highest BCUT2D eigenvalue weighted by atomic mass is 35.5. The van der Waals surface area contributed by atoms with Crippen LogP contribution in [0.4, 0.5) is 5.82 Å². The first-order valence-corrected chi connectivity index (χ1v) is 7.62. The predicted molar refractivity (Wildman–Crippen MR) is 88.3 cm³/mol. The van der Waals surface area contributed by atoms with Crippen LogP contribution >= 0.6 is 11.6 Å². The average Bonchev–Trinajstić information content (AvgIpc) is 3.18. The van der Waals surface area contributed by atoms with Crippen LogP contribution in [0.5, 0.6) is 5.75 Å². The van der Waals surface area contributed by atoms with E-state index in [9.17, 15) is 0 Å². The first-order chi connectivity index (χ1) is 11.3. The Bertz CT molecular complexity index is 862. The molecule has 1 N–H and O–H groups in total. The molecule has 0 saturated carbocycles. The maximum atomic E-state index is 6.16. The molecule has 1 aliphatic heterocycles. The first kappa shape index (κ1) is 14.0. The minimum atomic E-state index is 0.629. The molecule has 0 atom stereocenters. The first-order valence-electron chi connectivity index (χ1n) is 7.24. The second-order valence-corrected chi connectivity index (χ2v) is 5.61. The lowest BCUT2D eigenvalue weighted by Gasteiger charge is -2.11. The van der Waals surface area contributed by atoms with Gasteiger partial charge >= 0.3 is 0 Å². The lowest BCUT2D eigenvalue weighted by molar-refractivity contribution is 0.412. The van der Waals surface area contributed by atoms with Crippen LogP contribution < -0.4 is 10.1 Å². The number of nitrogens with zero attached hydrogens (tertiary/aromatic N) is 4. The molecule has 23 heavy (non-hydrogen) atoms. The van der Waals surface area contributed by atoms with E-state index in [0.29, 0.717) is 10.8 Å². The molecule has 0 unspecified atom stereocenters. The SMILES string of the molecule is COc1ccc(Cl)cc1-n1nc(-c2cnccn2)c2c1NCC2. The van der Waals surface area contributed by atoms with Gasteiger partial charge in [0.1, 0.15) is 28.6 Å². The molecule has 2 aromatic heterocycles. The highest BCUT2D eigenvalue weighted by molar-refractivity contribution is 6.30. The van der Waals surface area contributed by atoms with Gasteiger partial charge in [-0.3, -0.25) is 9.97 Å². The van der Waals surface area contributed by atoms with Crippen molar-refractivity contribution >= 4 is 17.4 Å². The minimum Gasteiger partial charge on any atom is -0.494 e. The van der Waals surface area contributed by atoms with Crippen molar-refractivity contribution in [2.75, 3.05) is 19.0 Å². The average molecular weight is 328 g/mol. The summed E-state index contributed by atoms with van der Waals surface area (Å²) in [5.41, 5.74) is 3.51. The van der Waals surface area contributed by atoms with Crippen LogP contribution in [0.15, 0.2) is 36.8 Å². The van der Waals surface area contributed by atoms with E-state index in [2.05, 4.69) is 15.3 Å². The van der Waals surface area contributed by atoms with Gasteiger partial charge in [-0.25, -0.2) is 4.68 Å². The maximum Gasteiger partial charge on any atom is 0.144 e. The molecule has 0 spiro atoms. The largest absolute Gasteiger partial charge is 0.494 e. The molecule has 1 aromatic carbocycles. The van der Waals surface area contributed by atoms with Crippen molar-refractivity contribution in [3.05, 3.63) is 47.4 Å². The second-order valence-electron chi connectivity index (χ2n) is 5.17. The molecule has 0 amide bonds. The van der Waals surface area contributed by atoms with Gasteiger partial charge in [0.05, 0.1) is 13.3 Å². The molecule has 0 fully saturated rings. The summed E-state index contributed by atoms with van der Waals surface area (Å²) in [6.45, 7) is 0.864. The Labute approximate surface area is 138 Å². The number of fused-ring (bicyclic) bond motifs is 1. The third-order valence-electron chi connectivity index (χ3n) is 3.83. The molecule has 0 aliphatic carbocycles. The van der Waals surface area contributed by atoms with E-state index in [1.165, 1.54) is 0 Å². The molecule has 7 heteroatoms. The van der Waals surface area contributed by atoms with E-state index in [0.717, 1.165) is 41.4 Å². The lowest BCUT2D eigenvalue weighted by Crippen LogP contribution is -2.06. The summed E-state index contributed by atoms with van der Waals surface area (Å²) in [6.07, 6.45) is 5.94. The molecule has 3 heterocycles. The smallest absolute Gasteiger partial charge is 0.144 e. The minimum absolute atomic E-state index is 0.629. The van der Waals surface area contributed by atoms with Gasteiger partial charge in [0.2, 0.25) is 0 Å². The molecule has 1 aliphatic rings. The van der Waals surface area contributed by atoms with Crippen molar-refractivity contribution in [2.24, 2.45) is 0 Å². The summed E-state index contributed by atoms with van der Waals surface area (Å²) < 4.78 is 7.28. The van der Waals surface area contributed by atoms with E-state index < -0.39 is 0 Å². The van der Waals surface area contributed by atoms with Crippen molar-refractivity contribution in [3.8, 4) is 22.8 Å². The normalized spacial score (nSPS) is 12.8. The monoisotopic (exact) mass is 327 g/mol. The summed E-state index contributed by atoms with van der Waals surface area (Å²) in [6, 6.07) is 5.47. The molecular formula is C16H14ClN5O. The fourth-order valence-corrected chi connectivity index (χ4v) is 2.97. The zero-order chi connectivity index (χ0) is 15.8. The van der Waals surface area contributed by atoms with Crippen molar-refractivity contribution in [2.45, 2.75) is 6.42 Å². The van der Waals surface area contributed by atoms with Gasteiger partial charge in [0, 0.05) is 29.5 Å². The molecule has 4 rings (SSSR count). The van der Waals surface area contributed by atoms with Crippen molar-refractivity contribution < 1.29 is 4.74 Å². The van der Waals surface area contributed by atoms with Gasteiger partial charge in [0.25, 0.3) is 0 Å². The zero-order valence-electron chi connectivity index (χ0n) is 12.5. The number of aromatic nitrogens is 4. The van der Waals surface area contributed by atoms with Crippen LogP contribution in [-0.2, 0) is 6.42 Å². The number of nitrogens with one attached hydrogen (secondary N) is 1. The molecule has 6 nitrogen and oxygen atoms in total. The molecular weight excluding hydrogens is 314 g/mol. The Balaban J connectivity index is 1.93. The van der Waals surface area contributed by atoms with Gasteiger partial charge < -0.3 is 10.1 Å². The number of halogens is 1. The number of anilines is 1. The molecule has 0 radical (unpaired) electrons. The van der Waals surface area contributed by atoms with E-state index in [1.54, 1.807) is 31.8 Å². The van der Waals surface area contributed by atoms with Crippen LogP contribution in [0.1, 0.15) is 5.56 Å². The summed E-state index contributed by atoms with van der Waals surface area (Å²) >= 11 is 6.16. The standard InChI is InChI=1S/C16H14ClN5O/c1-23-14-3-2-10(17)8-13(14)22-16-11(4-5-20-16)15(21-22)12-9-18-6-7-19-12/h2-3,6-9,20H,4-5H2,1H3. The van der Waals surface area contributed by atoms with Crippen LogP contribution in [0.25, 0.3) is 17.1 Å². The number of hydrogen-bond acceptors (Lipinski definition) is 5. The van der Waals surface area contributed by atoms with Gasteiger partial charge in [-0.2, -0.15) is 5.10 Å². The van der Waals surface area contributed by atoms with Crippen LogP contribution in [-0.4, -0.2) is 33.4 Å². The van der Waals surface area contributed by atoms with E-state index >= 15 is 0 Å². The maximum absolute atomic E-state index is 6.16. The fourth-order valence-electron chi connectivity index (χ4n) is 2.80. The number of benzene rings is 1. The molecule has 3 aromatic rings. The van der Waals surface area contributed by atoms with Gasteiger partial charge in [-0.05, 0) is 24.6 Å². The summed E-state index contributed by atoms with van der Waals surface area (Å²) in [5.74, 6) is 1.66. The van der Waals surface area contributed by atoms with E-state index in [4.69, 9.17) is 21.4 Å². The van der Waals surface area contributed by atoms with Crippen LogP contribution in [0.3, 0.4) is 0 Å². The van der Waals surface area contributed by atoms with Crippen molar-refractivity contribution in [3.63, 3.8) is 0 Å². The number of methoxy groups -OCH3 is 1. The fraction of sp³-hybridized carbons (Fsp3) is 0.188. The predicted octanol–water partition coefficient (Wildman–Crippen LogP) is 2.96. The van der Waals surface area contributed by atoms with Crippen LogP contribution in [0.2, 0.25) is 5.02 Å². The van der Waals surface area contributed by atoms with Gasteiger partial charge in [-0.1, -0.05) is 11.6 Å². The second kappa shape index (κ2) is 5.55. The Morgan fingerprint density at radius 3 is 3.00 bits per heavy atom. The third-order valence-corrected chi connectivity index (χ3v) is 4.06. The Hall–Kier alpha value is -2.60. The quantitative estimate of drug-likeness (QED) is 0.801. The Kier molecular flexibility index (Phi) is 3.38. The Morgan fingerprint density at radius 1 is 1.30 bits per heavy atom. The molecule has 0 saturated heterocycles. The zero-order valence-corrected chi connectivity index (χ0v) is 13.2. The summed E-state index contributed by atoms with van der Waals surface area (Å²) in [4.78, 5) is 8.51. The number of rotatable bonds is 3. The van der Waals surface area contributed by atoms with Gasteiger partial charge in [-0.15, -0.1) is 0 Å². The summed E-state index contributed by atoms with van der Waals surface area (Å²) in [7, 11) is 1.63. The van der Waals surface area contributed by atoms with Crippen molar-refractivity contribution in [1.82, 2.24) is 19.7 Å². The van der Waals surface area contributed by atoms with Crippen molar-refractivity contribution in [1.29, 1.82) is 0 Å². The van der Waals surface area contributed by atoms with Gasteiger partial charge in [0.15, 0.2) is 0 Å². The van der Waals surface area contributed by atoms with E-state index in [1.807, 2.05) is 16.8 Å². The third kappa shape index (κ3) is 2.31. The van der Waals surface area contributed by atoms with E-state index in [-0.39, 0.29) is 0 Å². The highest BCUT2D eigenvalue weighted by Gasteiger charge is 2.25. The topological polar surface area (TPSA) is 64.9 Å². The highest BCUT2D eigenvalue weighted by Crippen LogP contribution is 2.36. The van der Waals surface area contributed by atoms with Crippen LogP contribution in [0, 0.1) is 0 Å².